The van der Waals surface area contributed by atoms with E-state index in [0.717, 1.165) is 0 Å². The first-order valence-electron chi connectivity index (χ1n) is 10.8. The van der Waals surface area contributed by atoms with Gasteiger partial charge < -0.3 is 15.6 Å². The molecule has 186 valence electrons. The second kappa shape index (κ2) is 10.1. The first-order valence-corrected chi connectivity index (χ1v) is 11.9. The van der Waals surface area contributed by atoms with E-state index in [4.69, 9.17) is 34.8 Å². The molecule has 0 fully saturated rings. The van der Waals surface area contributed by atoms with E-state index < -0.39 is 11.7 Å². The lowest BCUT2D eigenvalue weighted by Crippen LogP contribution is -2.15. The molecule has 0 aliphatic rings. The molecule has 0 unspecified atom stereocenters. The smallest absolute Gasteiger partial charge is 0.349 e. The zero-order chi connectivity index (χ0) is 26.1. The summed E-state index contributed by atoms with van der Waals surface area (Å²) in [5, 5.41) is 11.2. The van der Waals surface area contributed by atoms with Crippen LogP contribution in [0.25, 0.3) is 22.3 Å². The summed E-state index contributed by atoms with van der Waals surface area (Å²) in [6.45, 7) is 0. The normalized spacial score (nSPS) is 11.0. The lowest BCUT2D eigenvalue weighted by atomic mass is 10.1. The Morgan fingerprint density at radius 1 is 0.892 bits per heavy atom. The number of rotatable bonds is 6. The maximum Gasteiger partial charge on any atom is 0.439 e. The highest BCUT2D eigenvalue weighted by molar-refractivity contribution is 6.36. The highest BCUT2D eigenvalue weighted by Gasteiger charge is 2.18. The number of hydrogen-bond donors (Lipinski definition) is 4. The third kappa shape index (κ3) is 5.24. The molecular formula is C25H16Cl3N5O4. The Morgan fingerprint density at radius 2 is 1.65 bits per heavy atom. The summed E-state index contributed by atoms with van der Waals surface area (Å²) >= 11 is 18.5. The number of aromatic amines is 2. The summed E-state index contributed by atoms with van der Waals surface area (Å²) in [4.78, 5) is 42.7. The maximum absolute atomic E-state index is 13.1. The van der Waals surface area contributed by atoms with E-state index >= 15 is 0 Å². The van der Waals surface area contributed by atoms with E-state index in [0.29, 0.717) is 48.5 Å². The molecule has 0 aliphatic carbocycles. The van der Waals surface area contributed by atoms with Crippen LogP contribution in [0.4, 0.5) is 11.4 Å². The Labute approximate surface area is 223 Å². The maximum atomic E-state index is 13.1. The van der Waals surface area contributed by atoms with Crippen LogP contribution >= 0.6 is 34.8 Å². The number of hydrogen-bond acceptors (Lipinski definition) is 5. The van der Waals surface area contributed by atoms with Gasteiger partial charge in [0, 0.05) is 26.0 Å². The molecule has 0 atom stereocenters. The standard InChI is InChI=1S/C25H16Cl3N5O4/c26-13-7-8-18(15(10-13)23-32-25(36)37-33-23)31-24(35)20-9-12-3-1-6-19(22(12)30-20)29-21(34)11-14-16(27)4-2-5-17(14)28/h1-10,30H,11H2,(H,29,34)(H,31,35)(H,32,33,36). The number of carbonyl (C=O) groups is 2. The van der Waals surface area contributed by atoms with E-state index in [-0.39, 0.29) is 23.8 Å². The molecule has 0 radical (unpaired) electrons. The second-order valence-electron chi connectivity index (χ2n) is 7.97. The zero-order valence-corrected chi connectivity index (χ0v) is 21.0. The third-order valence-electron chi connectivity index (χ3n) is 5.50. The predicted molar refractivity (Wildman–Crippen MR) is 143 cm³/mol. The molecule has 9 nitrogen and oxygen atoms in total. The van der Waals surface area contributed by atoms with Crippen LogP contribution < -0.4 is 16.4 Å². The number of nitrogens with one attached hydrogen (secondary N) is 4. The molecule has 5 aromatic rings. The fourth-order valence-electron chi connectivity index (χ4n) is 3.80. The monoisotopic (exact) mass is 555 g/mol. The van der Waals surface area contributed by atoms with Crippen LogP contribution in [0.1, 0.15) is 16.1 Å². The SMILES string of the molecule is O=C(Cc1c(Cl)cccc1Cl)Nc1cccc2cc(C(=O)Nc3ccc(Cl)cc3-c3noc(=O)[nH]3)[nH]c12. The van der Waals surface area contributed by atoms with Crippen molar-refractivity contribution >= 4 is 68.9 Å². The average Bonchev–Trinajstić information content (AvgIpc) is 3.50. The molecule has 2 amide bonds. The number of anilines is 2. The van der Waals surface area contributed by atoms with Gasteiger partial charge in [-0.1, -0.05) is 58.2 Å². The fraction of sp³-hybridized carbons (Fsp3) is 0.0400. The summed E-state index contributed by atoms with van der Waals surface area (Å²) in [5.74, 6) is -1.42. The van der Waals surface area contributed by atoms with Crippen molar-refractivity contribution in [1.29, 1.82) is 0 Å². The van der Waals surface area contributed by atoms with Gasteiger partial charge in [0.2, 0.25) is 5.91 Å². The largest absolute Gasteiger partial charge is 0.439 e. The number of aromatic nitrogens is 3. The topological polar surface area (TPSA) is 133 Å². The number of amides is 2. The highest BCUT2D eigenvalue weighted by Crippen LogP contribution is 2.30. The van der Waals surface area contributed by atoms with Gasteiger partial charge in [0.05, 0.1) is 23.3 Å². The fourth-order valence-corrected chi connectivity index (χ4v) is 4.50. The predicted octanol–water partition coefficient (Wildman–Crippen LogP) is 5.90. The number of halogens is 3. The van der Waals surface area contributed by atoms with Crippen LogP contribution in [0.15, 0.2) is 70.0 Å². The van der Waals surface area contributed by atoms with Crippen molar-refractivity contribution in [3.8, 4) is 11.4 Å². The summed E-state index contributed by atoms with van der Waals surface area (Å²) in [6.07, 6.45) is -0.0214. The Kier molecular flexibility index (Phi) is 6.75. The Balaban J connectivity index is 1.39. The highest BCUT2D eigenvalue weighted by atomic mass is 35.5. The molecule has 2 aromatic heterocycles. The van der Waals surface area contributed by atoms with Gasteiger partial charge in [-0.25, -0.2) is 4.79 Å². The van der Waals surface area contributed by atoms with E-state index in [1.54, 1.807) is 54.6 Å². The molecule has 3 aromatic carbocycles. The number of carbonyl (C=O) groups excluding carboxylic acids is 2. The van der Waals surface area contributed by atoms with Gasteiger partial charge in [-0.15, -0.1) is 0 Å². The van der Waals surface area contributed by atoms with Crippen LogP contribution in [0.3, 0.4) is 0 Å². The molecule has 0 bridgehead atoms. The minimum Gasteiger partial charge on any atom is -0.349 e. The van der Waals surface area contributed by atoms with Gasteiger partial charge in [-0.3, -0.25) is 19.1 Å². The van der Waals surface area contributed by atoms with Crippen LogP contribution in [-0.4, -0.2) is 26.9 Å². The van der Waals surface area contributed by atoms with Gasteiger partial charge in [-0.2, -0.15) is 0 Å². The molecule has 37 heavy (non-hydrogen) atoms. The number of para-hydroxylation sites is 1. The van der Waals surface area contributed by atoms with E-state index in [2.05, 4.69) is 30.3 Å². The van der Waals surface area contributed by atoms with E-state index in [1.807, 2.05) is 0 Å². The second-order valence-corrected chi connectivity index (χ2v) is 9.22. The van der Waals surface area contributed by atoms with Gasteiger partial charge >= 0.3 is 5.76 Å². The van der Waals surface area contributed by atoms with Crippen molar-refractivity contribution in [2.45, 2.75) is 6.42 Å². The van der Waals surface area contributed by atoms with Crippen LogP contribution in [0.2, 0.25) is 15.1 Å². The number of fused-ring (bicyclic) bond motifs is 1. The molecule has 4 N–H and O–H groups in total. The van der Waals surface area contributed by atoms with Crippen molar-refractivity contribution < 1.29 is 14.1 Å². The van der Waals surface area contributed by atoms with Gasteiger partial charge in [0.25, 0.3) is 5.91 Å². The van der Waals surface area contributed by atoms with Crippen molar-refractivity contribution in [3.05, 3.63) is 97.5 Å². The van der Waals surface area contributed by atoms with Crippen molar-refractivity contribution in [2.24, 2.45) is 0 Å². The van der Waals surface area contributed by atoms with Crippen LogP contribution in [0, 0.1) is 0 Å². The first-order chi connectivity index (χ1) is 17.8. The van der Waals surface area contributed by atoms with Gasteiger partial charge in [0.15, 0.2) is 5.82 Å². The summed E-state index contributed by atoms with van der Waals surface area (Å²) < 4.78 is 4.57. The number of H-pyrrole nitrogens is 2. The minimum absolute atomic E-state index is 0.0214. The molecule has 0 aliphatic heterocycles. The minimum atomic E-state index is -0.741. The third-order valence-corrected chi connectivity index (χ3v) is 6.44. The molecule has 0 spiro atoms. The van der Waals surface area contributed by atoms with E-state index in [9.17, 15) is 14.4 Å². The summed E-state index contributed by atoms with van der Waals surface area (Å²) in [7, 11) is 0. The van der Waals surface area contributed by atoms with Crippen LogP contribution in [0.5, 0.6) is 0 Å². The number of nitrogens with zero attached hydrogens (tertiary/aromatic N) is 1. The van der Waals surface area contributed by atoms with Crippen molar-refractivity contribution in [3.63, 3.8) is 0 Å². The number of benzene rings is 3. The quantitative estimate of drug-likeness (QED) is 0.206. The van der Waals surface area contributed by atoms with Crippen molar-refractivity contribution in [1.82, 2.24) is 15.1 Å². The molecule has 5 rings (SSSR count). The zero-order valence-electron chi connectivity index (χ0n) is 18.7. The molecule has 0 saturated carbocycles. The lowest BCUT2D eigenvalue weighted by Gasteiger charge is -2.09. The average molecular weight is 557 g/mol. The van der Waals surface area contributed by atoms with E-state index in [1.165, 1.54) is 6.07 Å². The Morgan fingerprint density at radius 3 is 2.38 bits per heavy atom. The van der Waals surface area contributed by atoms with Gasteiger partial charge in [0.1, 0.15) is 5.69 Å². The first kappa shape index (κ1) is 24.6. The lowest BCUT2D eigenvalue weighted by molar-refractivity contribution is -0.115. The summed E-state index contributed by atoms with van der Waals surface area (Å²) in [5.41, 5.74) is 2.52. The summed E-state index contributed by atoms with van der Waals surface area (Å²) in [6, 6.07) is 16.7. The van der Waals surface area contributed by atoms with Crippen LogP contribution in [-0.2, 0) is 11.2 Å². The van der Waals surface area contributed by atoms with Crippen molar-refractivity contribution in [2.75, 3.05) is 10.6 Å². The molecule has 0 saturated heterocycles. The Bertz CT molecular complexity index is 1700. The Hall–Kier alpha value is -4.05. The molecule has 2 heterocycles. The van der Waals surface area contributed by atoms with Gasteiger partial charge in [-0.05, 0) is 48.0 Å². The molecule has 12 heteroatoms. The molecular weight excluding hydrogens is 541 g/mol.